The van der Waals surface area contributed by atoms with Crippen LogP contribution in [0.4, 0.5) is 0 Å². The van der Waals surface area contributed by atoms with Crippen LogP contribution in [-0.4, -0.2) is 53.6 Å². The molecule has 0 spiro atoms. The highest BCUT2D eigenvalue weighted by Crippen LogP contribution is 2.26. The van der Waals surface area contributed by atoms with Crippen molar-refractivity contribution >= 4 is 15.9 Å². The Morgan fingerprint density at radius 2 is 2.26 bits per heavy atom. The molecule has 6 heteroatoms. The summed E-state index contributed by atoms with van der Waals surface area (Å²) >= 11 is 3.46. The quantitative estimate of drug-likeness (QED) is 0.703. The van der Waals surface area contributed by atoms with Crippen LogP contribution in [0.2, 0.25) is 0 Å². The van der Waals surface area contributed by atoms with Gasteiger partial charge in [0.2, 0.25) is 0 Å². The summed E-state index contributed by atoms with van der Waals surface area (Å²) in [5.41, 5.74) is 0.860. The molecule has 1 N–H and O–H groups in total. The summed E-state index contributed by atoms with van der Waals surface area (Å²) in [5.74, 6) is 0. The van der Waals surface area contributed by atoms with Crippen LogP contribution in [0.3, 0.4) is 0 Å². The molecule has 1 atom stereocenters. The van der Waals surface area contributed by atoms with E-state index in [4.69, 9.17) is 4.74 Å². The van der Waals surface area contributed by atoms with E-state index in [0.29, 0.717) is 13.0 Å². The number of aliphatic hydroxyl groups excluding tert-OH is 1. The Bertz CT molecular complexity index is 369. The van der Waals surface area contributed by atoms with Crippen molar-refractivity contribution in [3.8, 4) is 0 Å². The molecule has 19 heavy (non-hydrogen) atoms. The number of aliphatic hydroxyl groups is 1. The molecular weight excluding hydrogens is 310 g/mol. The third-order valence-electron chi connectivity index (χ3n) is 2.88. The second-order valence-electron chi connectivity index (χ2n) is 4.76. The summed E-state index contributed by atoms with van der Waals surface area (Å²) < 4.78 is 8.03. The lowest BCUT2D eigenvalue weighted by Gasteiger charge is -2.16. The zero-order valence-electron chi connectivity index (χ0n) is 12.0. The van der Waals surface area contributed by atoms with Crippen molar-refractivity contribution in [2.24, 2.45) is 0 Å². The normalized spacial score (nSPS) is 13.2. The first-order chi connectivity index (χ1) is 9.06. The average molecular weight is 334 g/mol. The lowest BCUT2D eigenvalue weighted by atomic mass is 10.1. The van der Waals surface area contributed by atoms with Crippen LogP contribution in [0.5, 0.6) is 0 Å². The number of rotatable bonds is 9. The molecule has 0 amide bonds. The van der Waals surface area contributed by atoms with E-state index in [1.807, 2.05) is 25.7 Å². The number of hydrogen-bond donors (Lipinski definition) is 1. The lowest BCUT2D eigenvalue weighted by Crippen LogP contribution is -2.21. The molecule has 0 aliphatic rings. The highest BCUT2D eigenvalue weighted by Gasteiger charge is 2.17. The van der Waals surface area contributed by atoms with Gasteiger partial charge in [-0.3, -0.25) is 4.68 Å². The summed E-state index contributed by atoms with van der Waals surface area (Å²) in [6.07, 6.45) is 2.78. The fourth-order valence-corrected chi connectivity index (χ4v) is 2.40. The average Bonchev–Trinajstić information content (AvgIpc) is 2.73. The Balaban J connectivity index is 2.56. The largest absolute Gasteiger partial charge is 0.387 e. The molecule has 1 aromatic heterocycles. The standard InChI is InChI=1S/C13H24BrN3O2/c1-4-19-9-5-6-12(18)13-11(14)10-15-17(13)8-7-16(2)3/h10,12,18H,4-9H2,1-3H3. The van der Waals surface area contributed by atoms with Crippen molar-refractivity contribution in [2.75, 3.05) is 33.9 Å². The van der Waals surface area contributed by atoms with Gasteiger partial charge in [-0.25, -0.2) is 0 Å². The zero-order chi connectivity index (χ0) is 14.3. The molecule has 1 aromatic rings. The molecule has 110 valence electrons. The molecule has 0 bridgehead atoms. The Morgan fingerprint density at radius 3 is 2.89 bits per heavy atom. The Hall–Kier alpha value is -0.430. The van der Waals surface area contributed by atoms with Crippen molar-refractivity contribution in [3.05, 3.63) is 16.4 Å². The van der Waals surface area contributed by atoms with Crippen LogP contribution >= 0.6 is 15.9 Å². The van der Waals surface area contributed by atoms with Crippen molar-refractivity contribution in [3.63, 3.8) is 0 Å². The van der Waals surface area contributed by atoms with Gasteiger partial charge in [0, 0.05) is 19.8 Å². The smallest absolute Gasteiger partial charge is 0.0969 e. The van der Waals surface area contributed by atoms with Gasteiger partial charge in [0.25, 0.3) is 0 Å². The molecule has 0 aliphatic heterocycles. The van der Waals surface area contributed by atoms with Gasteiger partial charge in [-0.1, -0.05) is 0 Å². The molecule has 1 unspecified atom stereocenters. The van der Waals surface area contributed by atoms with E-state index in [1.165, 1.54) is 0 Å². The van der Waals surface area contributed by atoms with E-state index in [9.17, 15) is 5.11 Å². The van der Waals surface area contributed by atoms with E-state index >= 15 is 0 Å². The molecule has 0 saturated heterocycles. The number of nitrogens with zero attached hydrogens (tertiary/aromatic N) is 3. The Morgan fingerprint density at radius 1 is 1.53 bits per heavy atom. The summed E-state index contributed by atoms with van der Waals surface area (Å²) in [5, 5.41) is 14.6. The van der Waals surface area contributed by atoms with Crippen molar-refractivity contribution < 1.29 is 9.84 Å². The third kappa shape index (κ3) is 5.60. The highest BCUT2D eigenvalue weighted by atomic mass is 79.9. The van der Waals surface area contributed by atoms with Gasteiger partial charge in [-0.15, -0.1) is 0 Å². The molecule has 1 rings (SSSR count). The van der Waals surface area contributed by atoms with Gasteiger partial charge < -0.3 is 14.7 Å². The summed E-state index contributed by atoms with van der Waals surface area (Å²) in [7, 11) is 4.05. The first-order valence-corrected chi connectivity index (χ1v) is 7.47. The van der Waals surface area contributed by atoms with E-state index in [-0.39, 0.29) is 0 Å². The van der Waals surface area contributed by atoms with Crippen LogP contribution in [0.15, 0.2) is 10.7 Å². The van der Waals surface area contributed by atoms with E-state index in [0.717, 1.165) is 36.3 Å². The van der Waals surface area contributed by atoms with Gasteiger partial charge in [-0.2, -0.15) is 5.10 Å². The molecule has 1 heterocycles. The van der Waals surface area contributed by atoms with Crippen molar-refractivity contribution in [1.29, 1.82) is 0 Å². The minimum absolute atomic E-state index is 0.500. The van der Waals surface area contributed by atoms with E-state index in [2.05, 4.69) is 25.9 Å². The molecule has 0 aliphatic carbocycles. The number of likely N-dealkylation sites (N-methyl/N-ethyl adjacent to an activating group) is 1. The van der Waals surface area contributed by atoms with Gasteiger partial charge in [-0.05, 0) is 49.8 Å². The van der Waals surface area contributed by atoms with Crippen LogP contribution in [0, 0.1) is 0 Å². The van der Waals surface area contributed by atoms with Crippen LogP contribution in [0.25, 0.3) is 0 Å². The highest BCUT2D eigenvalue weighted by molar-refractivity contribution is 9.10. The van der Waals surface area contributed by atoms with Gasteiger partial charge in [0.15, 0.2) is 0 Å². The Kier molecular flexibility index (Phi) is 7.60. The van der Waals surface area contributed by atoms with Crippen LogP contribution in [-0.2, 0) is 11.3 Å². The zero-order valence-corrected chi connectivity index (χ0v) is 13.6. The topological polar surface area (TPSA) is 50.5 Å². The number of halogens is 1. The van der Waals surface area contributed by atoms with Crippen LogP contribution in [0.1, 0.15) is 31.6 Å². The van der Waals surface area contributed by atoms with Crippen molar-refractivity contribution in [2.45, 2.75) is 32.4 Å². The summed E-state index contributed by atoms with van der Waals surface area (Å²) in [6.45, 7) is 5.06. The third-order valence-corrected chi connectivity index (χ3v) is 3.49. The molecule has 0 aromatic carbocycles. The van der Waals surface area contributed by atoms with Gasteiger partial charge >= 0.3 is 0 Å². The minimum atomic E-state index is -0.500. The summed E-state index contributed by atoms with van der Waals surface area (Å²) in [6, 6.07) is 0. The maximum atomic E-state index is 10.3. The lowest BCUT2D eigenvalue weighted by molar-refractivity contribution is 0.110. The summed E-state index contributed by atoms with van der Waals surface area (Å²) in [4.78, 5) is 2.10. The molecule has 0 saturated carbocycles. The SMILES string of the molecule is CCOCCCC(O)c1c(Br)cnn1CCN(C)C. The Labute approximate surface area is 123 Å². The first kappa shape index (κ1) is 16.6. The predicted molar refractivity (Wildman–Crippen MR) is 79.2 cm³/mol. The second-order valence-corrected chi connectivity index (χ2v) is 5.61. The van der Waals surface area contributed by atoms with Crippen LogP contribution < -0.4 is 0 Å². The minimum Gasteiger partial charge on any atom is -0.387 e. The molecule has 0 fully saturated rings. The molecule has 5 nitrogen and oxygen atoms in total. The van der Waals surface area contributed by atoms with Gasteiger partial charge in [0.1, 0.15) is 0 Å². The fraction of sp³-hybridized carbons (Fsp3) is 0.769. The van der Waals surface area contributed by atoms with E-state index < -0.39 is 6.10 Å². The van der Waals surface area contributed by atoms with E-state index in [1.54, 1.807) is 6.20 Å². The number of aromatic nitrogens is 2. The number of ether oxygens (including phenoxy) is 1. The van der Waals surface area contributed by atoms with Crippen molar-refractivity contribution in [1.82, 2.24) is 14.7 Å². The number of hydrogen-bond acceptors (Lipinski definition) is 4. The first-order valence-electron chi connectivity index (χ1n) is 6.68. The fourth-order valence-electron chi connectivity index (χ4n) is 1.84. The monoisotopic (exact) mass is 333 g/mol. The predicted octanol–water partition coefficient (Wildman–Crippen LogP) is 2.06. The molecule has 0 radical (unpaired) electrons. The van der Waals surface area contributed by atoms with Gasteiger partial charge in [0.05, 0.1) is 29.0 Å². The second kappa shape index (κ2) is 8.68. The molecular formula is C13H24BrN3O2. The maximum absolute atomic E-state index is 10.3. The maximum Gasteiger partial charge on any atom is 0.0969 e.